The quantitative estimate of drug-likeness (QED) is 0.780. The van der Waals surface area contributed by atoms with Crippen molar-refractivity contribution in [3.63, 3.8) is 0 Å². The summed E-state index contributed by atoms with van der Waals surface area (Å²) in [5.74, 6) is 1.82. The lowest BCUT2D eigenvalue weighted by Crippen LogP contribution is -2.02. The molecule has 1 aromatic carbocycles. The molecule has 1 atom stereocenters. The van der Waals surface area contributed by atoms with Crippen LogP contribution in [-0.2, 0) is 0 Å². The maximum Gasteiger partial charge on any atom is 0.119 e. The van der Waals surface area contributed by atoms with E-state index in [-0.39, 0.29) is 5.75 Å². The van der Waals surface area contributed by atoms with E-state index in [4.69, 9.17) is 9.84 Å². The fraction of sp³-hybridized carbons (Fsp3) is 0.500. The highest BCUT2D eigenvalue weighted by atomic mass is 16.5. The fourth-order valence-corrected chi connectivity index (χ4v) is 1.12. The van der Waals surface area contributed by atoms with E-state index >= 15 is 0 Å². The Morgan fingerprint density at radius 1 is 1.29 bits per heavy atom. The van der Waals surface area contributed by atoms with Crippen LogP contribution in [0, 0.1) is 5.92 Å². The Kier molecular flexibility index (Phi) is 4.30. The standard InChI is InChI=1S/C12H18O2/c1-3-10(2)8-9-14-12-6-4-11(13)5-7-12/h4-7,10,13H,3,8-9H2,1-2H3. The third-order valence-corrected chi connectivity index (χ3v) is 2.41. The Morgan fingerprint density at radius 3 is 2.50 bits per heavy atom. The minimum atomic E-state index is 0.277. The monoisotopic (exact) mass is 194 g/mol. The molecular formula is C12H18O2. The third kappa shape index (κ3) is 3.69. The highest BCUT2D eigenvalue weighted by molar-refractivity contribution is 5.29. The molecule has 0 aromatic heterocycles. The summed E-state index contributed by atoms with van der Waals surface area (Å²) in [5, 5.41) is 9.05. The zero-order valence-corrected chi connectivity index (χ0v) is 8.86. The van der Waals surface area contributed by atoms with Crippen molar-refractivity contribution in [2.75, 3.05) is 6.61 Å². The summed E-state index contributed by atoms with van der Waals surface area (Å²) in [6.07, 6.45) is 2.27. The molecule has 1 N–H and O–H groups in total. The van der Waals surface area contributed by atoms with Gasteiger partial charge in [0.05, 0.1) is 6.61 Å². The topological polar surface area (TPSA) is 29.5 Å². The number of ether oxygens (including phenoxy) is 1. The van der Waals surface area contributed by atoms with Crippen LogP contribution in [0.2, 0.25) is 0 Å². The van der Waals surface area contributed by atoms with Crippen molar-refractivity contribution < 1.29 is 9.84 Å². The minimum absolute atomic E-state index is 0.277. The molecular weight excluding hydrogens is 176 g/mol. The van der Waals surface area contributed by atoms with Crippen molar-refractivity contribution in [3.8, 4) is 11.5 Å². The van der Waals surface area contributed by atoms with E-state index in [0.717, 1.165) is 18.8 Å². The van der Waals surface area contributed by atoms with Gasteiger partial charge >= 0.3 is 0 Å². The Morgan fingerprint density at radius 2 is 1.93 bits per heavy atom. The largest absolute Gasteiger partial charge is 0.508 e. The zero-order chi connectivity index (χ0) is 10.4. The van der Waals surface area contributed by atoms with Crippen LogP contribution in [0.5, 0.6) is 11.5 Å². The van der Waals surface area contributed by atoms with Gasteiger partial charge in [-0.05, 0) is 36.6 Å². The summed E-state index contributed by atoms with van der Waals surface area (Å²) in [7, 11) is 0. The predicted octanol–water partition coefficient (Wildman–Crippen LogP) is 3.21. The third-order valence-electron chi connectivity index (χ3n) is 2.41. The van der Waals surface area contributed by atoms with Gasteiger partial charge in [-0.15, -0.1) is 0 Å². The van der Waals surface area contributed by atoms with E-state index in [2.05, 4.69) is 13.8 Å². The first-order chi connectivity index (χ1) is 6.72. The zero-order valence-electron chi connectivity index (χ0n) is 8.86. The summed E-state index contributed by atoms with van der Waals surface area (Å²) >= 11 is 0. The van der Waals surface area contributed by atoms with Gasteiger partial charge in [-0.1, -0.05) is 20.3 Å². The number of hydrogen-bond acceptors (Lipinski definition) is 2. The predicted molar refractivity (Wildman–Crippen MR) is 57.7 cm³/mol. The SMILES string of the molecule is CCC(C)CCOc1ccc(O)cc1. The number of rotatable bonds is 5. The van der Waals surface area contributed by atoms with Gasteiger partial charge in [0.1, 0.15) is 11.5 Å². The summed E-state index contributed by atoms with van der Waals surface area (Å²) < 4.78 is 5.52. The number of phenols is 1. The van der Waals surface area contributed by atoms with Gasteiger partial charge in [-0.2, -0.15) is 0 Å². The van der Waals surface area contributed by atoms with Gasteiger partial charge in [-0.25, -0.2) is 0 Å². The molecule has 0 saturated carbocycles. The molecule has 1 aromatic rings. The van der Waals surface area contributed by atoms with Crippen LogP contribution in [-0.4, -0.2) is 11.7 Å². The molecule has 0 aliphatic heterocycles. The smallest absolute Gasteiger partial charge is 0.119 e. The summed E-state index contributed by atoms with van der Waals surface area (Å²) in [4.78, 5) is 0. The molecule has 0 aliphatic rings. The lowest BCUT2D eigenvalue weighted by atomic mass is 10.1. The van der Waals surface area contributed by atoms with Crippen molar-refractivity contribution in [2.24, 2.45) is 5.92 Å². The van der Waals surface area contributed by atoms with E-state index in [1.165, 1.54) is 6.42 Å². The maximum atomic E-state index is 9.05. The van der Waals surface area contributed by atoms with Gasteiger partial charge in [0, 0.05) is 0 Å². The van der Waals surface area contributed by atoms with Crippen LogP contribution in [0.4, 0.5) is 0 Å². The van der Waals surface area contributed by atoms with Gasteiger partial charge in [0.15, 0.2) is 0 Å². The molecule has 0 bridgehead atoms. The van der Waals surface area contributed by atoms with Crippen LogP contribution < -0.4 is 4.74 Å². The molecule has 0 saturated heterocycles. The van der Waals surface area contributed by atoms with Crippen molar-refractivity contribution in [3.05, 3.63) is 24.3 Å². The molecule has 0 aliphatic carbocycles. The summed E-state index contributed by atoms with van der Waals surface area (Å²) in [6, 6.07) is 6.84. The van der Waals surface area contributed by atoms with Gasteiger partial charge in [0.2, 0.25) is 0 Å². The lowest BCUT2D eigenvalue weighted by Gasteiger charge is -2.09. The Hall–Kier alpha value is -1.18. The fourth-order valence-electron chi connectivity index (χ4n) is 1.12. The summed E-state index contributed by atoms with van der Waals surface area (Å²) in [6.45, 7) is 5.16. The molecule has 2 heteroatoms. The average Bonchev–Trinajstić information content (AvgIpc) is 2.21. The molecule has 78 valence electrons. The van der Waals surface area contributed by atoms with Crippen molar-refractivity contribution >= 4 is 0 Å². The molecule has 1 rings (SSSR count). The van der Waals surface area contributed by atoms with Gasteiger partial charge < -0.3 is 9.84 Å². The molecule has 0 spiro atoms. The summed E-state index contributed by atoms with van der Waals surface area (Å²) in [5.41, 5.74) is 0. The number of benzene rings is 1. The number of hydrogen-bond donors (Lipinski definition) is 1. The lowest BCUT2D eigenvalue weighted by molar-refractivity contribution is 0.281. The van der Waals surface area contributed by atoms with Gasteiger partial charge in [-0.3, -0.25) is 0 Å². The second-order valence-electron chi connectivity index (χ2n) is 3.64. The van der Waals surface area contributed by atoms with Crippen LogP contribution in [0.25, 0.3) is 0 Å². The first-order valence-electron chi connectivity index (χ1n) is 5.14. The van der Waals surface area contributed by atoms with E-state index in [1.807, 2.05) is 0 Å². The Balaban J connectivity index is 2.28. The van der Waals surface area contributed by atoms with E-state index in [0.29, 0.717) is 5.92 Å². The molecule has 1 unspecified atom stereocenters. The van der Waals surface area contributed by atoms with Crippen molar-refractivity contribution in [2.45, 2.75) is 26.7 Å². The molecule has 0 amide bonds. The first kappa shape index (κ1) is 10.9. The highest BCUT2D eigenvalue weighted by Crippen LogP contribution is 2.16. The number of phenolic OH excluding ortho intramolecular Hbond substituents is 1. The molecule has 0 radical (unpaired) electrons. The van der Waals surface area contributed by atoms with Crippen molar-refractivity contribution in [1.29, 1.82) is 0 Å². The van der Waals surface area contributed by atoms with E-state index < -0.39 is 0 Å². The Labute approximate surface area is 85.5 Å². The minimum Gasteiger partial charge on any atom is -0.508 e. The van der Waals surface area contributed by atoms with Crippen LogP contribution in [0.1, 0.15) is 26.7 Å². The van der Waals surface area contributed by atoms with Crippen molar-refractivity contribution in [1.82, 2.24) is 0 Å². The molecule has 0 fully saturated rings. The average molecular weight is 194 g/mol. The molecule has 2 nitrogen and oxygen atoms in total. The van der Waals surface area contributed by atoms with Gasteiger partial charge in [0.25, 0.3) is 0 Å². The molecule has 14 heavy (non-hydrogen) atoms. The number of aromatic hydroxyl groups is 1. The van der Waals surface area contributed by atoms with Crippen LogP contribution in [0.15, 0.2) is 24.3 Å². The first-order valence-corrected chi connectivity index (χ1v) is 5.14. The normalized spacial score (nSPS) is 12.4. The van der Waals surface area contributed by atoms with E-state index in [9.17, 15) is 0 Å². The van der Waals surface area contributed by atoms with Crippen LogP contribution >= 0.6 is 0 Å². The van der Waals surface area contributed by atoms with Crippen LogP contribution in [0.3, 0.4) is 0 Å². The molecule has 0 heterocycles. The highest BCUT2D eigenvalue weighted by Gasteiger charge is 1.99. The van der Waals surface area contributed by atoms with E-state index in [1.54, 1.807) is 24.3 Å². The maximum absolute atomic E-state index is 9.05. The second-order valence-corrected chi connectivity index (χ2v) is 3.64. The second kappa shape index (κ2) is 5.53. The Bertz CT molecular complexity index is 254.